The Morgan fingerprint density at radius 2 is 2.10 bits per heavy atom. The van der Waals surface area contributed by atoms with Crippen molar-refractivity contribution < 1.29 is 4.79 Å². The van der Waals surface area contributed by atoms with Gasteiger partial charge in [0.2, 0.25) is 0 Å². The number of carbonyl (C=O) groups excluding carboxylic acids is 1. The third-order valence-electron chi connectivity index (χ3n) is 1.13. The van der Waals surface area contributed by atoms with Crippen LogP contribution in [0.1, 0.15) is 6.92 Å². The number of nitrogens with zero attached hydrogens (tertiary/aromatic N) is 1. The summed E-state index contributed by atoms with van der Waals surface area (Å²) in [6.45, 7) is 5.85. The topological polar surface area (TPSA) is 31.2 Å². The molecule has 4 heteroatoms. The van der Waals surface area contributed by atoms with Gasteiger partial charge in [-0.2, -0.15) is 0 Å². The van der Waals surface area contributed by atoms with Crippen LogP contribution in [0, 0.1) is 0 Å². The molecule has 0 aromatic heterocycles. The zero-order valence-electron chi connectivity index (χ0n) is 6.92. The Bertz CT molecular complexity index is 127. The summed E-state index contributed by atoms with van der Waals surface area (Å²) < 4.78 is 0. The van der Waals surface area contributed by atoms with Crippen molar-refractivity contribution in [3.05, 3.63) is 5.09 Å². The van der Waals surface area contributed by atoms with Crippen molar-refractivity contribution in [2.45, 2.75) is 6.92 Å². The molecule has 0 saturated carbocycles. The van der Waals surface area contributed by atoms with Crippen LogP contribution in [0.2, 0.25) is 0 Å². The van der Waals surface area contributed by atoms with Gasteiger partial charge in [0.15, 0.2) is 5.12 Å². The zero-order valence-corrected chi connectivity index (χ0v) is 8.63. The smallest absolute Gasteiger partial charge is 0.189 e. The monoisotopic (exact) mass is 179 g/mol. The largest absolute Gasteiger partial charge is 0.493 e. The minimum absolute atomic E-state index is 0.191. The van der Waals surface area contributed by atoms with Crippen LogP contribution in [0.15, 0.2) is 0 Å². The molecular formula is C6H14NOPS. The van der Waals surface area contributed by atoms with Crippen molar-refractivity contribution in [2.24, 2.45) is 0 Å². The lowest BCUT2D eigenvalue weighted by atomic mass is 10.9. The van der Waals surface area contributed by atoms with Gasteiger partial charge in [0.1, 0.15) is 0 Å². The molecule has 0 aromatic carbocycles. The fourth-order valence-electron chi connectivity index (χ4n) is 0.307. The third kappa shape index (κ3) is 5.21. The molecule has 0 unspecified atom stereocenters. The third-order valence-corrected chi connectivity index (χ3v) is 5.66. The normalized spacial score (nSPS) is 11.6. The van der Waals surface area contributed by atoms with E-state index in [-0.39, 0.29) is 5.12 Å². The quantitative estimate of drug-likeness (QED) is 0.623. The number of hydrogen-bond acceptors (Lipinski definition) is 2. The highest BCUT2D eigenvalue weighted by atomic mass is 32.2. The highest BCUT2D eigenvalue weighted by molar-refractivity contribution is 8.19. The maximum atomic E-state index is 10.5. The summed E-state index contributed by atoms with van der Waals surface area (Å²) in [5.74, 6) is 0. The Balaban J connectivity index is 3.56. The first-order valence-electron chi connectivity index (χ1n) is 3.05. The molecule has 0 heterocycles. The van der Waals surface area contributed by atoms with Crippen LogP contribution in [-0.2, 0) is 4.79 Å². The average molecular weight is 179 g/mol. The summed E-state index contributed by atoms with van der Waals surface area (Å²) in [6.07, 6.45) is 0. The van der Waals surface area contributed by atoms with E-state index in [1.54, 1.807) is 6.92 Å². The van der Waals surface area contributed by atoms with Crippen LogP contribution < -0.4 is 0 Å². The standard InChI is InChI=1S/C6H14NOPS/c1-6(8)10-5-9(3,4)7-2/h5H2,1-4H3. The zero-order chi connectivity index (χ0) is 8.20. The van der Waals surface area contributed by atoms with Gasteiger partial charge in [0.05, 0.1) is 5.49 Å². The molecule has 0 aliphatic rings. The van der Waals surface area contributed by atoms with Crippen LogP contribution in [0.3, 0.4) is 0 Å². The molecule has 0 fully saturated rings. The lowest BCUT2D eigenvalue weighted by molar-refractivity contribution is -0.109. The van der Waals surface area contributed by atoms with Crippen LogP contribution in [0.4, 0.5) is 0 Å². The summed E-state index contributed by atoms with van der Waals surface area (Å²) >= 11 is 1.38. The maximum Gasteiger partial charge on any atom is 0.189 e. The minimum Gasteiger partial charge on any atom is -0.493 e. The molecule has 0 aliphatic carbocycles. The summed E-state index contributed by atoms with van der Waals surface area (Å²) in [7, 11) is 0.718. The van der Waals surface area contributed by atoms with Crippen LogP contribution >= 0.6 is 19.2 Å². The van der Waals surface area contributed by atoms with E-state index in [4.69, 9.17) is 0 Å². The molecule has 0 atom stereocenters. The summed E-state index contributed by atoms with van der Waals surface area (Å²) in [5.41, 5.74) is 0.888. The summed E-state index contributed by atoms with van der Waals surface area (Å²) in [4.78, 5) is 10.5. The first kappa shape index (κ1) is 10.4. The van der Waals surface area contributed by atoms with Crippen LogP contribution in [0.5, 0.6) is 0 Å². The highest BCUT2D eigenvalue weighted by Crippen LogP contribution is 2.58. The molecule has 0 bridgehead atoms. The van der Waals surface area contributed by atoms with E-state index in [0.29, 0.717) is 0 Å². The Morgan fingerprint density at radius 3 is 2.40 bits per heavy atom. The van der Waals surface area contributed by atoms with Gasteiger partial charge in [0.25, 0.3) is 0 Å². The van der Waals surface area contributed by atoms with Gasteiger partial charge in [-0.25, -0.2) is 0 Å². The predicted molar refractivity (Wildman–Crippen MR) is 51.2 cm³/mol. The van der Waals surface area contributed by atoms with Crippen molar-refractivity contribution in [3.8, 4) is 0 Å². The van der Waals surface area contributed by atoms with Crippen LogP contribution in [-0.4, -0.2) is 31.0 Å². The van der Waals surface area contributed by atoms with E-state index in [2.05, 4.69) is 18.4 Å². The molecule has 0 N–H and O–H groups in total. The maximum absolute atomic E-state index is 10.5. The molecule has 0 saturated heterocycles. The van der Waals surface area contributed by atoms with Gasteiger partial charge in [-0.1, -0.05) is 7.41 Å². The fraction of sp³-hybridized carbons (Fsp3) is 0.833. The summed E-state index contributed by atoms with van der Waals surface area (Å²) in [6, 6.07) is 0. The lowest BCUT2D eigenvalue weighted by Gasteiger charge is -2.26. The molecule has 0 amide bonds. The molecule has 60 valence electrons. The Labute approximate surface area is 67.5 Å². The van der Waals surface area contributed by atoms with Crippen molar-refractivity contribution in [3.63, 3.8) is 0 Å². The fourth-order valence-corrected chi connectivity index (χ4v) is 2.76. The van der Waals surface area contributed by atoms with Crippen molar-refractivity contribution in [2.75, 3.05) is 25.9 Å². The van der Waals surface area contributed by atoms with Gasteiger partial charge in [-0.05, 0) is 11.8 Å². The second-order valence-corrected chi connectivity index (χ2v) is 8.12. The van der Waals surface area contributed by atoms with E-state index in [1.807, 2.05) is 7.05 Å². The van der Waals surface area contributed by atoms with E-state index < -0.39 is 7.41 Å². The van der Waals surface area contributed by atoms with E-state index in [0.717, 1.165) is 5.49 Å². The van der Waals surface area contributed by atoms with Gasteiger partial charge >= 0.3 is 0 Å². The van der Waals surface area contributed by atoms with Gasteiger partial charge < -0.3 is 5.09 Å². The Hall–Kier alpha value is 0.410. The lowest BCUT2D eigenvalue weighted by Crippen LogP contribution is -1.92. The molecule has 0 rings (SSSR count). The molecule has 0 radical (unpaired) electrons. The number of carbonyl (C=O) groups is 1. The van der Waals surface area contributed by atoms with E-state index >= 15 is 0 Å². The van der Waals surface area contributed by atoms with Gasteiger partial charge in [-0.3, -0.25) is 4.79 Å². The SMILES string of the molecule is C[N-][P+](C)(C)CSC(C)=O. The van der Waals surface area contributed by atoms with Crippen molar-refractivity contribution in [1.82, 2.24) is 0 Å². The predicted octanol–water partition coefficient (Wildman–Crippen LogP) is 2.42. The van der Waals surface area contributed by atoms with Gasteiger partial charge in [0, 0.05) is 20.3 Å². The molecule has 0 aliphatic heterocycles. The molecular weight excluding hydrogens is 165 g/mol. The second kappa shape index (κ2) is 4.32. The first-order chi connectivity index (χ1) is 4.48. The molecule has 0 aromatic rings. The minimum atomic E-state index is -1.11. The number of hydrogen-bond donors (Lipinski definition) is 0. The highest BCUT2D eigenvalue weighted by Gasteiger charge is 2.13. The number of thioether (sulfide) groups is 1. The second-order valence-electron chi connectivity index (χ2n) is 2.59. The van der Waals surface area contributed by atoms with Crippen molar-refractivity contribution >= 4 is 24.3 Å². The Kier molecular flexibility index (Phi) is 4.50. The molecule has 2 nitrogen and oxygen atoms in total. The number of rotatable bonds is 3. The average Bonchev–Trinajstić information content (AvgIpc) is 1.85. The molecule has 0 spiro atoms. The van der Waals surface area contributed by atoms with Gasteiger partial charge in [-0.15, -0.1) is 7.05 Å². The Morgan fingerprint density at radius 1 is 1.60 bits per heavy atom. The van der Waals surface area contributed by atoms with E-state index in [9.17, 15) is 4.79 Å². The van der Waals surface area contributed by atoms with E-state index in [1.165, 1.54) is 11.8 Å². The van der Waals surface area contributed by atoms with Crippen molar-refractivity contribution in [1.29, 1.82) is 0 Å². The molecule has 10 heavy (non-hydrogen) atoms. The first-order valence-corrected chi connectivity index (χ1v) is 6.86. The van der Waals surface area contributed by atoms with Crippen LogP contribution in [0.25, 0.3) is 5.09 Å². The summed E-state index contributed by atoms with van der Waals surface area (Å²) in [5, 5.41) is 4.42.